The van der Waals surface area contributed by atoms with Crippen molar-refractivity contribution in [1.82, 2.24) is 5.32 Å². The van der Waals surface area contributed by atoms with Crippen molar-refractivity contribution in [3.63, 3.8) is 0 Å². The number of hydrogen-bond donors (Lipinski definition) is 2. The van der Waals surface area contributed by atoms with Gasteiger partial charge in [0.05, 0.1) is 5.56 Å². The van der Waals surface area contributed by atoms with Crippen LogP contribution in [0.15, 0.2) is 24.3 Å². The molecule has 4 heteroatoms. The molecule has 0 fully saturated rings. The lowest BCUT2D eigenvalue weighted by molar-refractivity contribution is 0.0958. The molecule has 0 bridgehead atoms. The average molecular weight is 219 g/mol. The number of benzene rings is 1. The summed E-state index contributed by atoms with van der Waals surface area (Å²) in [6, 6.07) is 7.72. The molecule has 1 aliphatic heterocycles. The maximum Gasteiger partial charge on any atom is 0.253 e. The third-order valence-electron chi connectivity index (χ3n) is 2.79. The predicted molar refractivity (Wildman–Crippen MR) is 64.7 cm³/mol. The normalized spacial score (nSPS) is 15.3. The number of nitrogens with zero attached hydrogens (tertiary/aromatic N) is 1. The number of para-hydroxylation sites is 1. The van der Waals surface area contributed by atoms with Gasteiger partial charge >= 0.3 is 0 Å². The van der Waals surface area contributed by atoms with Gasteiger partial charge in [0.25, 0.3) is 5.91 Å². The number of hydrogen-bond acceptors (Lipinski definition) is 3. The molecular weight excluding hydrogens is 202 g/mol. The first-order valence-corrected chi connectivity index (χ1v) is 5.65. The summed E-state index contributed by atoms with van der Waals surface area (Å²) in [6.07, 6.45) is 0.947. The Morgan fingerprint density at radius 3 is 3.00 bits per heavy atom. The Kier molecular flexibility index (Phi) is 3.41. The van der Waals surface area contributed by atoms with Gasteiger partial charge in [0.15, 0.2) is 0 Å². The third-order valence-corrected chi connectivity index (χ3v) is 2.79. The van der Waals surface area contributed by atoms with Gasteiger partial charge in [0.2, 0.25) is 0 Å². The van der Waals surface area contributed by atoms with E-state index in [9.17, 15) is 4.79 Å². The zero-order chi connectivity index (χ0) is 11.4. The standard InChI is InChI=1S/C12H17N3O/c13-6-3-8-15-9-7-14-12(16)10-4-1-2-5-11(10)15/h1-2,4-5H,3,6-9,13H2,(H,14,16). The zero-order valence-corrected chi connectivity index (χ0v) is 9.28. The van der Waals surface area contributed by atoms with Crippen molar-refractivity contribution >= 4 is 11.6 Å². The molecule has 0 spiro atoms. The van der Waals surface area contributed by atoms with Crippen LogP contribution in [0.25, 0.3) is 0 Å². The molecule has 1 heterocycles. The number of fused-ring (bicyclic) bond motifs is 1. The summed E-state index contributed by atoms with van der Waals surface area (Å²) in [7, 11) is 0. The largest absolute Gasteiger partial charge is 0.369 e. The van der Waals surface area contributed by atoms with Gasteiger partial charge in [0, 0.05) is 25.3 Å². The molecule has 0 saturated heterocycles. The molecule has 3 N–H and O–H groups in total. The number of amides is 1. The van der Waals surface area contributed by atoms with Crippen LogP contribution in [0.2, 0.25) is 0 Å². The van der Waals surface area contributed by atoms with Gasteiger partial charge in [-0.2, -0.15) is 0 Å². The molecule has 0 aromatic heterocycles. The molecule has 0 saturated carbocycles. The molecule has 1 aliphatic rings. The number of carbonyl (C=O) groups excluding carboxylic acids is 1. The van der Waals surface area contributed by atoms with Crippen molar-refractivity contribution < 1.29 is 4.79 Å². The van der Waals surface area contributed by atoms with Crippen molar-refractivity contribution in [3.8, 4) is 0 Å². The van der Waals surface area contributed by atoms with E-state index in [2.05, 4.69) is 10.2 Å². The molecule has 0 aliphatic carbocycles. The monoisotopic (exact) mass is 219 g/mol. The second-order valence-corrected chi connectivity index (χ2v) is 3.90. The summed E-state index contributed by atoms with van der Waals surface area (Å²) >= 11 is 0. The fraction of sp³-hybridized carbons (Fsp3) is 0.417. The van der Waals surface area contributed by atoms with Gasteiger partial charge in [-0.25, -0.2) is 0 Å². The number of rotatable bonds is 3. The van der Waals surface area contributed by atoms with Crippen LogP contribution in [0.3, 0.4) is 0 Å². The number of anilines is 1. The Morgan fingerprint density at radius 1 is 1.38 bits per heavy atom. The fourth-order valence-electron chi connectivity index (χ4n) is 1.98. The first kappa shape index (κ1) is 11.0. The number of nitrogens with one attached hydrogen (secondary N) is 1. The lowest BCUT2D eigenvalue weighted by atomic mass is 10.1. The summed E-state index contributed by atoms with van der Waals surface area (Å²) in [5.41, 5.74) is 7.30. The van der Waals surface area contributed by atoms with Crippen LogP contribution in [-0.2, 0) is 0 Å². The molecular formula is C12H17N3O. The second-order valence-electron chi connectivity index (χ2n) is 3.90. The number of nitrogens with two attached hydrogens (primary N) is 1. The predicted octanol–water partition coefficient (Wildman–Crippen LogP) is 0.585. The van der Waals surface area contributed by atoms with Crippen molar-refractivity contribution in [2.24, 2.45) is 5.73 Å². The van der Waals surface area contributed by atoms with E-state index in [0.29, 0.717) is 13.1 Å². The van der Waals surface area contributed by atoms with E-state index in [-0.39, 0.29) is 5.91 Å². The van der Waals surface area contributed by atoms with E-state index in [1.54, 1.807) is 0 Å². The molecule has 4 nitrogen and oxygen atoms in total. The molecule has 1 aromatic carbocycles. The Hall–Kier alpha value is -1.55. The van der Waals surface area contributed by atoms with Gasteiger partial charge in [-0.1, -0.05) is 12.1 Å². The van der Waals surface area contributed by atoms with Gasteiger partial charge < -0.3 is 16.0 Å². The van der Waals surface area contributed by atoms with Crippen molar-refractivity contribution in [2.45, 2.75) is 6.42 Å². The summed E-state index contributed by atoms with van der Waals surface area (Å²) in [4.78, 5) is 14.0. The first-order valence-electron chi connectivity index (χ1n) is 5.65. The Morgan fingerprint density at radius 2 is 2.19 bits per heavy atom. The minimum atomic E-state index is 0.0193. The highest BCUT2D eigenvalue weighted by molar-refractivity contribution is 6.00. The summed E-state index contributed by atoms with van der Waals surface area (Å²) in [5, 5.41) is 2.90. The molecule has 0 atom stereocenters. The van der Waals surface area contributed by atoms with Gasteiger partial charge in [-0.15, -0.1) is 0 Å². The van der Waals surface area contributed by atoms with Crippen LogP contribution in [-0.4, -0.2) is 32.1 Å². The van der Waals surface area contributed by atoms with Gasteiger partial charge in [-0.05, 0) is 25.1 Å². The van der Waals surface area contributed by atoms with Crippen molar-refractivity contribution in [3.05, 3.63) is 29.8 Å². The van der Waals surface area contributed by atoms with E-state index in [1.807, 2.05) is 24.3 Å². The van der Waals surface area contributed by atoms with Crippen LogP contribution in [0.1, 0.15) is 16.8 Å². The highest BCUT2D eigenvalue weighted by Gasteiger charge is 2.19. The molecule has 86 valence electrons. The fourth-order valence-corrected chi connectivity index (χ4v) is 1.98. The second kappa shape index (κ2) is 4.99. The summed E-state index contributed by atoms with van der Waals surface area (Å²) in [5.74, 6) is 0.0193. The van der Waals surface area contributed by atoms with Crippen LogP contribution >= 0.6 is 0 Å². The van der Waals surface area contributed by atoms with E-state index >= 15 is 0 Å². The van der Waals surface area contributed by atoms with Crippen LogP contribution in [0.5, 0.6) is 0 Å². The van der Waals surface area contributed by atoms with Crippen molar-refractivity contribution in [1.29, 1.82) is 0 Å². The molecule has 16 heavy (non-hydrogen) atoms. The highest BCUT2D eigenvalue weighted by Crippen LogP contribution is 2.21. The number of carbonyl (C=O) groups is 1. The molecule has 0 unspecified atom stereocenters. The summed E-state index contributed by atoms with van der Waals surface area (Å²) in [6.45, 7) is 3.13. The van der Waals surface area contributed by atoms with E-state index in [0.717, 1.165) is 30.8 Å². The van der Waals surface area contributed by atoms with Crippen LogP contribution in [0, 0.1) is 0 Å². The zero-order valence-electron chi connectivity index (χ0n) is 9.28. The lowest BCUT2D eigenvalue weighted by Crippen LogP contribution is -2.31. The minimum Gasteiger partial charge on any atom is -0.369 e. The topological polar surface area (TPSA) is 58.4 Å². The minimum absolute atomic E-state index is 0.0193. The first-order chi connectivity index (χ1) is 7.83. The van der Waals surface area contributed by atoms with Crippen LogP contribution < -0.4 is 16.0 Å². The maximum atomic E-state index is 11.8. The highest BCUT2D eigenvalue weighted by atomic mass is 16.1. The van der Waals surface area contributed by atoms with Crippen molar-refractivity contribution in [2.75, 3.05) is 31.1 Å². The van der Waals surface area contributed by atoms with Crippen LogP contribution in [0.4, 0.5) is 5.69 Å². The molecule has 1 aromatic rings. The Labute approximate surface area is 95.4 Å². The lowest BCUT2D eigenvalue weighted by Gasteiger charge is -2.23. The van der Waals surface area contributed by atoms with E-state index < -0.39 is 0 Å². The smallest absolute Gasteiger partial charge is 0.253 e. The average Bonchev–Trinajstić information content (AvgIpc) is 2.47. The summed E-state index contributed by atoms with van der Waals surface area (Å²) < 4.78 is 0. The molecule has 0 radical (unpaired) electrons. The van der Waals surface area contributed by atoms with Gasteiger partial charge in [-0.3, -0.25) is 4.79 Å². The Bertz CT molecular complexity index is 378. The maximum absolute atomic E-state index is 11.8. The third kappa shape index (κ3) is 2.17. The quantitative estimate of drug-likeness (QED) is 0.782. The molecule has 1 amide bonds. The van der Waals surface area contributed by atoms with E-state index in [4.69, 9.17) is 5.73 Å². The van der Waals surface area contributed by atoms with Gasteiger partial charge in [0.1, 0.15) is 0 Å². The van der Waals surface area contributed by atoms with E-state index in [1.165, 1.54) is 0 Å². The SMILES string of the molecule is NCCCN1CCNC(=O)c2ccccc21. The Balaban J connectivity index is 2.27. The molecule has 2 rings (SSSR count).